The van der Waals surface area contributed by atoms with Crippen LogP contribution in [0.3, 0.4) is 0 Å². The normalized spacial score (nSPS) is 12.7. The van der Waals surface area contributed by atoms with Gasteiger partial charge in [0.05, 0.1) is 6.67 Å². The molecule has 3 N–H and O–H groups in total. The number of hydrogen-bond donors (Lipinski definition) is 2. The summed E-state index contributed by atoms with van der Waals surface area (Å²) in [5, 5.41) is 2.32. The predicted octanol–water partition coefficient (Wildman–Crippen LogP) is -1.60. The molecule has 0 aliphatic carbocycles. The molecule has 5 heteroatoms. The molecule has 0 aromatic carbocycles. The van der Waals surface area contributed by atoms with E-state index in [9.17, 15) is 9.00 Å². The van der Waals surface area contributed by atoms with Crippen LogP contribution in [0.5, 0.6) is 0 Å². The van der Waals surface area contributed by atoms with E-state index in [1.165, 1.54) is 6.26 Å². The molecule has 0 saturated carbocycles. The lowest BCUT2D eigenvalue weighted by Gasteiger charge is -1.96. The highest BCUT2D eigenvalue weighted by Gasteiger charge is 1.99. The van der Waals surface area contributed by atoms with Gasteiger partial charge < -0.3 is 11.1 Å². The first-order valence-corrected chi connectivity index (χ1v) is 4.16. The van der Waals surface area contributed by atoms with Crippen LogP contribution in [0.25, 0.3) is 0 Å². The van der Waals surface area contributed by atoms with Crippen LogP contribution < -0.4 is 11.1 Å². The third-order valence-corrected chi connectivity index (χ3v) is 1.30. The van der Waals surface area contributed by atoms with E-state index < -0.39 is 10.8 Å². The van der Waals surface area contributed by atoms with Gasteiger partial charge in [-0.1, -0.05) is 0 Å². The van der Waals surface area contributed by atoms with Gasteiger partial charge in [0.1, 0.15) is 5.75 Å². The van der Waals surface area contributed by atoms with E-state index in [1.54, 1.807) is 0 Å². The maximum Gasteiger partial charge on any atom is 0.233 e. The van der Waals surface area contributed by atoms with Crippen LogP contribution in [-0.2, 0) is 15.6 Å². The molecule has 0 heterocycles. The van der Waals surface area contributed by atoms with Crippen LogP contribution in [0, 0.1) is 0 Å². The second-order valence-corrected chi connectivity index (χ2v) is 2.96. The average Bonchev–Trinajstić information content (AvgIpc) is 1.63. The molecule has 0 aromatic heterocycles. The first-order valence-electron chi connectivity index (χ1n) is 2.43. The van der Waals surface area contributed by atoms with Crippen molar-refractivity contribution in [2.75, 3.05) is 18.7 Å². The Morgan fingerprint density at radius 3 is 2.67 bits per heavy atom. The van der Waals surface area contributed by atoms with Gasteiger partial charge in [0.15, 0.2) is 0 Å². The molecule has 9 heavy (non-hydrogen) atoms. The molecule has 0 aliphatic heterocycles. The van der Waals surface area contributed by atoms with Gasteiger partial charge in [0.25, 0.3) is 0 Å². The minimum absolute atomic E-state index is 0.0389. The first-order chi connectivity index (χ1) is 4.16. The van der Waals surface area contributed by atoms with Crippen molar-refractivity contribution in [1.29, 1.82) is 0 Å². The molecular formula is C4H10N2O2S. The lowest BCUT2D eigenvalue weighted by molar-refractivity contribution is -0.118. The van der Waals surface area contributed by atoms with E-state index in [2.05, 4.69) is 5.32 Å². The zero-order chi connectivity index (χ0) is 7.28. The summed E-state index contributed by atoms with van der Waals surface area (Å²) in [6.45, 7) is 0.107. The van der Waals surface area contributed by atoms with E-state index in [1.807, 2.05) is 0 Å². The molecule has 1 amide bonds. The largest absolute Gasteiger partial charge is 0.343 e. The number of carbonyl (C=O) groups excluding carboxylic acids is 1. The maximum atomic E-state index is 10.5. The van der Waals surface area contributed by atoms with Crippen molar-refractivity contribution in [3.8, 4) is 0 Å². The molecule has 4 nitrogen and oxygen atoms in total. The molecule has 0 radical (unpaired) electrons. The maximum absolute atomic E-state index is 10.5. The monoisotopic (exact) mass is 150 g/mol. The van der Waals surface area contributed by atoms with Gasteiger partial charge in [-0.2, -0.15) is 0 Å². The summed E-state index contributed by atoms with van der Waals surface area (Å²) in [7, 11) is -1.06. The van der Waals surface area contributed by atoms with Gasteiger partial charge in [0, 0.05) is 17.1 Å². The molecule has 0 bridgehead atoms. The van der Waals surface area contributed by atoms with E-state index in [-0.39, 0.29) is 18.3 Å². The summed E-state index contributed by atoms with van der Waals surface area (Å²) in [5.41, 5.74) is 4.97. The molecule has 1 atom stereocenters. The fourth-order valence-electron chi connectivity index (χ4n) is 0.349. The molecule has 0 saturated heterocycles. The fourth-order valence-corrected chi connectivity index (χ4v) is 0.821. The zero-order valence-corrected chi connectivity index (χ0v) is 6.03. The van der Waals surface area contributed by atoms with Crippen molar-refractivity contribution in [3.05, 3.63) is 0 Å². The van der Waals surface area contributed by atoms with E-state index >= 15 is 0 Å². The Morgan fingerprint density at radius 1 is 1.78 bits per heavy atom. The summed E-state index contributed by atoms with van der Waals surface area (Å²) in [6.07, 6.45) is 1.47. The van der Waals surface area contributed by atoms with Crippen molar-refractivity contribution in [2.24, 2.45) is 5.73 Å². The number of rotatable bonds is 3. The lowest BCUT2D eigenvalue weighted by Crippen LogP contribution is -2.32. The van der Waals surface area contributed by atoms with Crippen LogP contribution in [0.1, 0.15) is 0 Å². The molecular weight excluding hydrogens is 140 g/mol. The first kappa shape index (κ1) is 8.58. The highest BCUT2D eigenvalue weighted by atomic mass is 32.2. The molecule has 0 rings (SSSR count). The van der Waals surface area contributed by atoms with Crippen molar-refractivity contribution in [3.63, 3.8) is 0 Å². The van der Waals surface area contributed by atoms with Crippen molar-refractivity contribution in [2.45, 2.75) is 0 Å². The third-order valence-electron chi connectivity index (χ3n) is 0.634. The number of nitrogens with one attached hydrogen (secondary N) is 1. The van der Waals surface area contributed by atoms with Crippen LogP contribution in [-0.4, -0.2) is 28.8 Å². The summed E-state index contributed by atoms with van der Waals surface area (Å²) < 4.78 is 10.3. The molecule has 0 aliphatic rings. The predicted molar refractivity (Wildman–Crippen MR) is 36.1 cm³/mol. The Balaban J connectivity index is 3.39. The van der Waals surface area contributed by atoms with Crippen LogP contribution >= 0.6 is 0 Å². The number of nitrogens with two attached hydrogens (primary N) is 1. The van der Waals surface area contributed by atoms with Gasteiger partial charge >= 0.3 is 0 Å². The molecule has 1 unspecified atom stereocenters. The van der Waals surface area contributed by atoms with Gasteiger partial charge in [-0.15, -0.1) is 0 Å². The third kappa shape index (κ3) is 5.45. The van der Waals surface area contributed by atoms with Crippen LogP contribution in [0.2, 0.25) is 0 Å². The second kappa shape index (κ2) is 4.46. The standard InChI is InChI=1S/C4H10N2O2S/c1-9(8)2-4(7)6-3-5/h2-3,5H2,1H3,(H,6,7). The smallest absolute Gasteiger partial charge is 0.233 e. The lowest BCUT2D eigenvalue weighted by atomic mass is 10.7. The van der Waals surface area contributed by atoms with Crippen molar-refractivity contribution < 1.29 is 9.00 Å². The van der Waals surface area contributed by atoms with Crippen LogP contribution in [0.4, 0.5) is 0 Å². The summed E-state index contributed by atoms with van der Waals surface area (Å²) in [4.78, 5) is 10.5. The van der Waals surface area contributed by atoms with Gasteiger partial charge in [-0.25, -0.2) is 0 Å². The Bertz CT molecular complexity index is 126. The van der Waals surface area contributed by atoms with Crippen molar-refractivity contribution >= 4 is 16.7 Å². The SMILES string of the molecule is CS(=O)CC(=O)NCN. The highest BCUT2D eigenvalue weighted by molar-refractivity contribution is 7.85. The molecule has 0 spiro atoms. The molecule has 0 aromatic rings. The number of carbonyl (C=O) groups is 1. The molecule has 54 valence electrons. The number of amides is 1. The minimum atomic E-state index is -1.06. The van der Waals surface area contributed by atoms with Gasteiger partial charge in [0.2, 0.25) is 5.91 Å². The van der Waals surface area contributed by atoms with Crippen molar-refractivity contribution in [1.82, 2.24) is 5.32 Å². The quantitative estimate of drug-likeness (QED) is 0.476. The van der Waals surface area contributed by atoms with E-state index in [0.717, 1.165) is 0 Å². The topological polar surface area (TPSA) is 72.2 Å². The highest BCUT2D eigenvalue weighted by Crippen LogP contribution is 1.72. The van der Waals surface area contributed by atoms with E-state index in [0.29, 0.717) is 0 Å². The van der Waals surface area contributed by atoms with E-state index in [4.69, 9.17) is 5.73 Å². The number of hydrogen-bond acceptors (Lipinski definition) is 3. The average molecular weight is 150 g/mol. The Labute approximate surface area is 56.3 Å². The summed E-state index contributed by atoms with van der Waals surface area (Å²) >= 11 is 0. The molecule has 0 fully saturated rings. The minimum Gasteiger partial charge on any atom is -0.343 e. The summed E-state index contributed by atoms with van der Waals surface area (Å²) in [5.74, 6) is -0.227. The zero-order valence-electron chi connectivity index (χ0n) is 5.22. The fraction of sp³-hybridized carbons (Fsp3) is 0.750. The second-order valence-electron chi connectivity index (χ2n) is 1.52. The Morgan fingerprint density at radius 2 is 2.33 bits per heavy atom. The van der Waals surface area contributed by atoms with Crippen LogP contribution in [0.15, 0.2) is 0 Å². The van der Waals surface area contributed by atoms with Gasteiger partial charge in [-0.3, -0.25) is 9.00 Å². The summed E-state index contributed by atoms with van der Waals surface area (Å²) in [6, 6.07) is 0. The van der Waals surface area contributed by atoms with Gasteiger partial charge in [-0.05, 0) is 0 Å². The Kier molecular flexibility index (Phi) is 4.25. The Hall–Kier alpha value is -0.420.